The summed E-state index contributed by atoms with van der Waals surface area (Å²) in [6, 6.07) is 14.8. The molecule has 2 aromatic carbocycles. The fourth-order valence-electron chi connectivity index (χ4n) is 6.24. The second-order valence-corrected chi connectivity index (χ2v) is 12.9. The van der Waals surface area contributed by atoms with Gasteiger partial charge in [-0.1, -0.05) is 35.0 Å². The molecule has 5 aromatic rings. The zero-order valence-corrected chi connectivity index (χ0v) is 24.7. The number of fused-ring (bicyclic) bond motifs is 2. The van der Waals surface area contributed by atoms with E-state index in [4.69, 9.17) is 11.6 Å². The van der Waals surface area contributed by atoms with Crippen molar-refractivity contribution in [1.29, 1.82) is 5.26 Å². The monoisotopic (exact) mass is 616 g/mol. The second-order valence-electron chi connectivity index (χ2n) is 12.5. The average molecular weight is 617 g/mol. The SMILES string of the molecule is CC(C)(CNc1c(C#N)cnc2c(Cl)cc(NC(c3cn(C45CC(C4)C5)nn3)c3cccc4ncccc34)cc12)C(F)(F)F. The number of hydrogen-bond acceptors (Lipinski definition) is 7. The van der Waals surface area contributed by atoms with Crippen LogP contribution >= 0.6 is 11.6 Å². The summed E-state index contributed by atoms with van der Waals surface area (Å²) in [5.74, 6) is 0.775. The fourth-order valence-corrected chi connectivity index (χ4v) is 6.51. The van der Waals surface area contributed by atoms with Crippen LogP contribution in [0, 0.1) is 22.7 Å². The van der Waals surface area contributed by atoms with E-state index in [9.17, 15) is 18.4 Å². The van der Waals surface area contributed by atoms with Crippen molar-refractivity contribution in [3.8, 4) is 6.07 Å². The molecule has 2 N–H and O–H groups in total. The first-order chi connectivity index (χ1) is 21.0. The van der Waals surface area contributed by atoms with Gasteiger partial charge in [-0.2, -0.15) is 18.4 Å². The molecule has 0 spiro atoms. The van der Waals surface area contributed by atoms with Crippen LogP contribution in [0.1, 0.15) is 56.0 Å². The number of nitrogens with one attached hydrogen (secondary N) is 2. The Balaban J connectivity index is 1.32. The topological polar surface area (TPSA) is 104 Å². The van der Waals surface area contributed by atoms with Gasteiger partial charge in [0.25, 0.3) is 0 Å². The summed E-state index contributed by atoms with van der Waals surface area (Å²) in [7, 11) is 0. The van der Waals surface area contributed by atoms with Gasteiger partial charge in [0, 0.05) is 35.4 Å². The van der Waals surface area contributed by atoms with Gasteiger partial charge in [0.15, 0.2) is 0 Å². The van der Waals surface area contributed by atoms with Crippen LogP contribution < -0.4 is 10.6 Å². The van der Waals surface area contributed by atoms with Crippen LogP contribution in [0.25, 0.3) is 21.8 Å². The van der Waals surface area contributed by atoms with Gasteiger partial charge < -0.3 is 10.6 Å². The van der Waals surface area contributed by atoms with Gasteiger partial charge in [0.2, 0.25) is 0 Å². The Morgan fingerprint density at radius 1 is 1.11 bits per heavy atom. The lowest BCUT2D eigenvalue weighted by molar-refractivity contribution is -0.206. The van der Waals surface area contributed by atoms with Gasteiger partial charge in [-0.3, -0.25) is 9.97 Å². The number of rotatable bonds is 8. The highest BCUT2D eigenvalue weighted by Crippen LogP contribution is 2.62. The van der Waals surface area contributed by atoms with Crippen LogP contribution in [-0.2, 0) is 5.54 Å². The molecule has 8 rings (SSSR count). The summed E-state index contributed by atoms with van der Waals surface area (Å²) in [5, 5.41) is 27.0. The van der Waals surface area contributed by atoms with Crippen LogP contribution in [0.3, 0.4) is 0 Å². The van der Waals surface area contributed by atoms with E-state index in [2.05, 4.69) is 30.9 Å². The third-order valence-electron chi connectivity index (χ3n) is 9.12. The largest absolute Gasteiger partial charge is 0.395 e. The summed E-state index contributed by atoms with van der Waals surface area (Å²) >= 11 is 6.72. The summed E-state index contributed by atoms with van der Waals surface area (Å²) in [6.45, 7) is 1.77. The van der Waals surface area contributed by atoms with Crippen LogP contribution in [0.15, 0.2) is 61.1 Å². The number of nitrogens with zero attached hydrogens (tertiary/aromatic N) is 6. The maximum absolute atomic E-state index is 13.7. The lowest BCUT2D eigenvalue weighted by Crippen LogP contribution is -2.59. The van der Waals surface area contributed by atoms with Crippen molar-refractivity contribution in [2.24, 2.45) is 11.3 Å². The zero-order valence-electron chi connectivity index (χ0n) is 24.0. The molecule has 12 heteroatoms. The highest BCUT2D eigenvalue weighted by Gasteiger charge is 2.59. The average Bonchev–Trinajstić information content (AvgIpc) is 3.41. The van der Waals surface area contributed by atoms with Crippen molar-refractivity contribution < 1.29 is 13.2 Å². The second kappa shape index (κ2) is 10.1. The van der Waals surface area contributed by atoms with E-state index in [0.29, 0.717) is 22.3 Å². The highest BCUT2D eigenvalue weighted by molar-refractivity contribution is 6.35. The molecule has 1 unspecified atom stereocenters. The molecule has 3 aliphatic carbocycles. The number of aromatic nitrogens is 5. The fraction of sp³-hybridized carbons (Fsp3) is 0.344. The van der Waals surface area contributed by atoms with Gasteiger partial charge in [0.1, 0.15) is 11.8 Å². The number of halogens is 4. The van der Waals surface area contributed by atoms with Crippen molar-refractivity contribution in [1.82, 2.24) is 25.0 Å². The molecule has 1 atom stereocenters. The molecule has 224 valence electrons. The molecule has 0 radical (unpaired) electrons. The van der Waals surface area contributed by atoms with Gasteiger partial charge in [-0.05, 0) is 68.9 Å². The standard InChI is InChI=1S/C32H28ClF3N8/c1-30(2,32(34,35)36)17-40-27-19(14-37)15-39-28-23(27)9-20(10-24(28)33)41-29(22-5-3-7-25-21(22)6-4-8-38-25)26-16-44(43-42-26)31-11-18(12-31)13-31/h3-10,15-16,18,29,41H,11-13,17H2,1-2H3,(H,39,40). The number of pyridine rings is 2. The molecule has 8 nitrogen and oxygen atoms in total. The summed E-state index contributed by atoms with van der Waals surface area (Å²) in [6.07, 6.45) is 3.94. The third-order valence-corrected chi connectivity index (χ3v) is 9.41. The van der Waals surface area contributed by atoms with E-state index in [1.165, 1.54) is 6.20 Å². The molecule has 0 aliphatic heterocycles. The maximum Gasteiger partial charge on any atom is 0.395 e. The molecule has 2 bridgehead atoms. The maximum atomic E-state index is 13.7. The van der Waals surface area contributed by atoms with Crippen molar-refractivity contribution in [2.75, 3.05) is 17.2 Å². The molecule has 0 saturated heterocycles. The van der Waals surface area contributed by atoms with Crippen LogP contribution in [0.2, 0.25) is 5.02 Å². The van der Waals surface area contributed by atoms with Crippen LogP contribution in [0.4, 0.5) is 24.5 Å². The Labute approximate surface area is 256 Å². The predicted octanol–water partition coefficient (Wildman–Crippen LogP) is 7.61. The van der Waals surface area contributed by atoms with Crippen molar-refractivity contribution >= 4 is 44.8 Å². The van der Waals surface area contributed by atoms with E-state index < -0.39 is 24.2 Å². The van der Waals surface area contributed by atoms with E-state index >= 15 is 0 Å². The first kappa shape index (κ1) is 28.3. The lowest BCUT2D eigenvalue weighted by atomic mass is 9.50. The van der Waals surface area contributed by atoms with Crippen molar-refractivity contribution in [2.45, 2.75) is 50.9 Å². The Morgan fingerprint density at radius 2 is 1.91 bits per heavy atom. The van der Waals surface area contributed by atoms with Gasteiger partial charge in [0.05, 0.1) is 50.5 Å². The summed E-state index contributed by atoms with van der Waals surface area (Å²) in [4.78, 5) is 8.88. The van der Waals surface area contributed by atoms with Gasteiger partial charge >= 0.3 is 6.18 Å². The third kappa shape index (κ3) is 4.59. The van der Waals surface area contributed by atoms with E-state index in [1.54, 1.807) is 18.3 Å². The van der Waals surface area contributed by atoms with Crippen molar-refractivity contribution in [3.63, 3.8) is 0 Å². The smallest absolute Gasteiger partial charge is 0.382 e. The number of hydrogen-bond donors (Lipinski definition) is 2. The Bertz CT molecular complexity index is 1940. The van der Waals surface area contributed by atoms with E-state index in [-0.39, 0.29) is 21.8 Å². The number of anilines is 2. The highest BCUT2D eigenvalue weighted by atomic mass is 35.5. The van der Waals surface area contributed by atoms with Crippen molar-refractivity contribution in [3.05, 3.63) is 82.9 Å². The Hall–Kier alpha value is -4.43. The molecule has 3 aliphatic rings. The molecular formula is C32H28ClF3N8. The van der Waals surface area contributed by atoms with Gasteiger partial charge in [-0.25, -0.2) is 4.68 Å². The zero-order chi connectivity index (χ0) is 30.9. The normalized spacial score (nSPS) is 20.1. The molecule has 3 saturated carbocycles. The molecule has 3 fully saturated rings. The van der Waals surface area contributed by atoms with E-state index in [1.807, 2.05) is 47.3 Å². The first-order valence-electron chi connectivity index (χ1n) is 14.3. The quantitative estimate of drug-likeness (QED) is 0.185. The molecule has 44 heavy (non-hydrogen) atoms. The van der Waals surface area contributed by atoms with Crippen LogP contribution in [-0.4, -0.2) is 37.7 Å². The summed E-state index contributed by atoms with van der Waals surface area (Å²) < 4.78 is 43.0. The minimum atomic E-state index is -4.45. The first-order valence-corrected chi connectivity index (χ1v) is 14.7. The molecular weight excluding hydrogens is 589 g/mol. The molecule has 3 heterocycles. The number of nitriles is 1. The number of benzene rings is 2. The molecule has 3 aromatic heterocycles. The van der Waals surface area contributed by atoms with E-state index in [0.717, 1.165) is 55.5 Å². The minimum absolute atomic E-state index is 0.0527. The Morgan fingerprint density at radius 3 is 2.61 bits per heavy atom. The minimum Gasteiger partial charge on any atom is -0.382 e. The molecule has 0 amide bonds. The van der Waals surface area contributed by atoms with Gasteiger partial charge in [-0.15, -0.1) is 5.10 Å². The predicted molar refractivity (Wildman–Crippen MR) is 162 cm³/mol. The van der Waals surface area contributed by atoms with Crippen LogP contribution in [0.5, 0.6) is 0 Å². The lowest BCUT2D eigenvalue weighted by Gasteiger charge is -2.61. The number of alkyl halides is 3. The Kier molecular flexibility index (Phi) is 6.48. The summed E-state index contributed by atoms with van der Waals surface area (Å²) in [5.41, 5.74) is 1.74.